The number of hydrogen-bond acceptors (Lipinski definition) is 5. The minimum Gasteiger partial charge on any atom is -0.457 e. The van der Waals surface area contributed by atoms with Crippen molar-refractivity contribution in [3.63, 3.8) is 0 Å². The number of ether oxygens (including phenoxy) is 1. The number of aromatic amines is 1. The summed E-state index contributed by atoms with van der Waals surface area (Å²) in [6, 6.07) is 13.8. The third-order valence-corrected chi connectivity index (χ3v) is 6.42. The fourth-order valence-electron chi connectivity index (χ4n) is 4.56. The van der Waals surface area contributed by atoms with Crippen molar-refractivity contribution in [2.45, 2.75) is 32.0 Å². The van der Waals surface area contributed by atoms with Crippen LogP contribution in [0.3, 0.4) is 0 Å². The Morgan fingerprint density at radius 1 is 1.11 bits per heavy atom. The van der Waals surface area contributed by atoms with Gasteiger partial charge in [0.15, 0.2) is 0 Å². The SMILES string of the molecule is NCc1cc(NC(=O)C2CCc3ccc(Oc4ccnc5[nH]c(=O)ccc45)cc3C2)cc(C(F)(F)F)c1. The molecule has 1 aliphatic rings. The minimum absolute atomic E-state index is 0.0742. The number of amides is 1. The molecule has 37 heavy (non-hydrogen) atoms. The van der Waals surface area contributed by atoms with E-state index in [4.69, 9.17) is 10.5 Å². The first-order valence-electron chi connectivity index (χ1n) is 11.7. The number of nitrogens with two attached hydrogens (primary N) is 1. The summed E-state index contributed by atoms with van der Waals surface area (Å²) in [7, 11) is 0. The number of H-pyrrole nitrogens is 1. The molecule has 0 radical (unpaired) electrons. The highest BCUT2D eigenvalue weighted by atomic mass is 19.4. The van der Waals surface area contributed by atoms with Crippen LogP contribution in [0.5, 0.6) is 11.5 Å². The standard InChI is InChI=1S/C27H23F3N4O3/c28-27(29,30)19-9-15(14-31)10-20(13-19)33-26(36)17-2-1-16-3-4-21(12-18(16)11-17)37-23-7-8-32-25-22(23)5-6-24(35)34-25/h3-10,12-13,17H,1-2,11,14,31H2,(H,33,36)(H,32,34,35). The second-order valence-corrected chi connectivity index (χ2v) is 8.98. The number of benzene rings is 2. The van der Waals surface area contributed by atoms with Crippen molar-refractivity contribution in [2.75, 3.05) is 5.32 Å². The number of rotatable bonds is 5. The van der Waals surface area contributed by atoms with Crippen LogP contribution < -0.4 is 21.3 Å². The molecule has 0 spiro atoms. The number of nitrogens with one attached hydrogen (secondary N) is 2. The number of nitrogens with zero attached hydrogens (tertiary/aromatic N) is 1. The zero-order chi connectivity index (χ0) is 26.2. The number of carbonyl (C=O) groups excluding carboxylic acids is 1. The number of fused-ring (bicyclic) bond motifs is 2. The van der Waals surface area contributed by atoms with Crippen LogP contribution in [-0.2, 0) is 30.4 Å². The zero-order valence-electron chi connectivity index (χ0n) is 19.6. The molecule has 4 aromatic rings. The highest BCUT2D eigenvalue weighted by Gasteiger charge is 2.32. The lowest BCUT2D eigenvalue weighted by Crippen LogP contribution is -2.28. The normalized spacial score (nSPS) is 15.3. The minimum atomic E-state index is -4.54. The molecule has 7 nitrogen and oxygen atoms in total. The average molecular weight is 509 g/mol. The van der Waals surface area contributed by atoms with Gasteiger partial charge in [0.05, 0.1) is 10.9 Å². The molecule has 0 bridgehead atoms. The number of carbonyl (C=O) groups is 1. The lowest BCUT2D eigenvalue weighted by Gasteiger charge is -2.25. The summed E-state index contributed by atoms with van der Waals surface area (Å²) in [6.45, 7) is -0.0742. The lowest BCUT2D eigenvalue weighted by atomic mass is 9.83. The summed E-state index contributed by atoms with van der Waals surface area (Å²) < 4.78 is 45.8. The molecular weight excluding hydrogens is 485 g/mol. The Bertz CT molecular complexity index is 1550. The molecule has 4 N–H and O–H groups in total. The highest BCUT2D eigenvalue weighted by Crippen LogP contribution is 2.34. The Morgan fingerprint density at radius 2 is 1.95 bits per heavy atom. The number of pyridine rings is 2. The van der Waals surface area contributed by atoms with E-state index >= 15 is 0 Å². The maximum absolute atomic E-state index is 13.3. The molecule has 10 heteroatoms. The Balaban J connectivity index is 1.34. The summed E-state index contributed by atoms with van der Waals surface area (Å²) >= 11 is 0. The predicted molar refractivity (Wildman–Crippen MR) is 132 cm³/mol. The number of hydrogen-bond donors (Lipinski definition) is 3. The lowest BCUT2D eigenvalue weighted by molar-refractivity contribution is -0.137. The molecule has 2 heterocycles. The molecule has 0 aliphatic heterocycles. The molecule has 0 saturated carbocycles. The molecule has 5 rings (SSSR count). The fourth-order valence-corrected chi connectivity index (χ4v) is 4.56. The van der Waals surface area contributed by atoms with Gasteiger partial charge in [-0.2, -0.15) is 13.2 Å². The van der Waals surface area contributed by atoms with Crippen LogP contribution in [0.4, 0.5) is 18.9 Å². The highest BCUT2D eigenvalue weighted by molar-refractivity contribution is 5.93. The van der Waals surface area contributed by atoms with Crippen molar-refractivity contribution in [3.05, 3.63) is 93.4 Å². The van der Waals surface area contributed by atoms with Gasteiger partial charge in [0.2, 0.25) is 11.5 Å². The van der Waals surface area contributed by atoms with E-state index in [1.54, 1.807) is 12.1 Å². The van der Waals surface area contributed by atoms with Crippen LogP contribution in [0.25, 0.3) is 11.0 Å². The van der Waals surface area contributed by atoms with Gasteiger partial charge < -0.3 is 20.8 Å². The maximum Gasteiger partial charge on any atom is 0.416 e. The number of alkyl halides is 3. The van der Waals surface area contributed by atoms with E-state index in [2.05, 4.69) is 15.3 Å². The van der Waals surface area contributed by atoms with Crippen molar-refractivity contribution in [1.82, 2.24) is 9.97 Å². The Kier molecular flexibility index (Phi) is 6.43. The molecule has 1 aliphatic carbocycles. The monoisotopic (exact) mass is 508 g/mol. The van der Waals surface area contributed by atoms with E-state index in [-0.39, 0.29) is 29.3 Å². The Hall–Kier alpha value is -4.18. The number of halogens is 3. The number of anilines is 1. The second kappa shape index (κ2) is 9.70. The first-order valence-corrected chi connectivity index (χ1v) is 11.7. The van der Waals surface area contributed by atoms with Crippen molar-refractivity contribution in [3.8, 4) is 11.5 Å². The summed E-state index contributed by atoms with van der Waals surface area (Å²) in [5, 5.41) is 3.30. The van der Waals surface area contributed by atoms with Crippen LogP contribution in [0, 0.1) is 5.92 Å². The van der Waals surface area contributed by atoms with Gasteiger partial charge in [-0.25, -0.2) is 4.98 Å². The first-order chi connectivity index (χ1) is 17.7. The molecule has 1 amide bonds. The van der Waals surface area contributed by atoms with Crippen LogP contribution in [-0.4, -0.2) is 15.9 Å². The van der Waals surface area contributed by atoms with Gasteiger partial charge in [-0.15, -0.1) is 0 Å². The van der Waals surface area contributed by atoms with Gasteiger partial charge in [0.25, 0.3) is 0 Å². The molecule has 2 aromatic carbocycles. The fraction of sp³-hybridized carbons (Fsp3) is 0.222. The van der Waals surface area contributed by atoms with Gasteiger partial charge in [-0.05, 0) is 78.4 Å². The van der Waals surface area contributed by atoms with Crippen LogP contribution in [0.15, 0.2) is 65.6 Å². The zero-order valence-corrected chi connectivity index (χ0v) is 19.6. The van der Waals surface area contributed by atoms with E-state index in [0.29, 0.717) is 41.8 Å². The molecule has 190 valence electrons. The molecule has 0 saturated heterocycles. The molecular formula is C27H23F3N4O3. The maximum atomic E-state index is 13.3. The van der Waals surface area contributed by atoms with E-state index in [0.717, 1.165) is 23.3 Å². The molecule has 1 atom stereocenters. The van der Waals surface area contributed by atoms with Gasteiger partial charge in [0, 0.05) is 30.4 Å². The largest absolute Gasteiger partial charge is 0.457 e. The smallest absolute Gasteiger partial charge is 0.416 e. The van der Waals surface area contributed by atoms with Crippen molar-refractivity contribution < 1.29 is 22.7 Å². The van der Waals surface area contributed by atoms with Crippen molar-refractivity contribution in [1.29, 1.82) is 0 Å². The predicted octanol–water partition coefficient (Wildman–Crippen LogP) is 4.94. The van der Waals surface area contributed by atoms with E-state index in [1.165, 1.54) is 18.3 Å². The Morgan fingerprint density at radius 3 is 2.73 bits per heavy atom. The van der Waals surface area contributed by atoms with Gasteiger partial charge in [0.1, 0.15) is 17.1 Å². The third kappa shape index (κ3) is 5.34. The van der Waals surface area contributed by atoms with E-state index < -0.39 is 17.7 Å². The number of aryl methyl sites for hydroxylation is 1. The van der Waals surface area contributed by atoms with Gasteiger partial charge in [-0.3, -0.25) is 9.59 Å². The summed E-state index contributed by atoms with van der Waals surface area (Å²) in [4.78, 5) is 31.4. The summed E-state index contributed by atoms with van der Waals surface area (Å²) in [5.41, 5.74) is 7.23. The summed E-state index contributed by atoms with van der Waals surface area (Å²) in [6.07, 6.45) is -1.35. The van der Waals surface area contributed by atoms with Crippen LogP contribution >= 0.6 is 0 Å². The molecule has 0 fully saturated rings. The average Bonchev–Trinajstić information content (AvgIpc) is 2.87. The second-order valence-electron chi connectivity index (χ2n) is 8.98. The Labute approximate surface area is 209 Å². The van der Waals surface area contributed by atoms with Gasteiger partial charge in [-0.1, -0.05) is 6.07 Å². The van der Waals surface area contributed by atoms with Crippen molar-refractivity contribution >= 4 is 22.6 Å². The molecule has 1 unspecified atom stereocenters. The first kappa shape index (κ1) is 24.5. The van der Waals surface area contributed by atoms with Crippen LogP contribution in [0.1, 0.15) is 28.7 Å². The van der Waals surface area contributed by atoms with Crippen molar-refractivity contribution in [2.24, 2.45) is 11.7 Å². The topological polar surface area (TPSA) is 110 Å². The third-order valence-electron chi connectivity index (χ3n) is 6.42. The van der Waals surface area contributed by atoms with E-state index in [9.17, 15) is 22.8 Å². The summed E-state index contributed by atoms with van der Waals surface area (Å²) in [5.74, 6) is 0.323. The van der Waals surface area contributed by atoms with E-state index in [1.807, 2.05) is 18.2 Å². The number of aromatic nitrogens is 2. The molecule has 2 aromatic heterocycles. The van der Waals surface area contributed by atoms with Gasteiger partial charge >= 0.3 is 6.18 Å². The quantitative estimate of drug-likeness (QED) is 0.354. The van der Waals surface area contributed by atoms with Crippen LogP contribution in [0.2, 0.25) is 0 Å².